The van der Waals surface area contributed by atoms with Crippen LogP contribution in [0.25, 0.3) is 0 Å². The van der Waals surface area contributed by atoms with E-state index in [1.54, 1.807) is 12.1 Å². The predicted octanol–water partition coefficient (Wildman–Crippen LogP) is 5.36. The van der Waals surface area contributed by atoms with Gasteiger partial charge in [-0.3, -0.25) is 33.6 Å². The van der Waals surface area contributed by atoms with Gasteiger partial charge in [0.1, 0.15) is 12.1 Å². The van der Waals surface area contributed by atoms with Crippen molar-refractivity contribution in [2.75, 3.05) is 6.54 Å². The minimum Gasteiger partial charge on any atom is -0.472 e. The number of nitrogens with zero attached hydrogens (tertiary/aromatic N) is 2. The van der Waals surface area contributed by atoms with Crippen LogP contribution in [-0.4, -0.2) is 81.5 Å². The molecular weight excluding hydrogens is 712 g/mol. The van der Waals surface area contributed by atoms with E-state index < -0.39 is 70.5 Å². The first-order valence-electron chi connectivity index (χ1n) is 20.0. The molecule has 2 N–H and O–H groups in total. The molecule has 2 heterocycles. The summed E-state index contributed by atoms with van der Waals surface area (Å²) in [5.41, 5.74) is -0.822. The molecule has 0 aromatic carbocycles. The quantitative estimate of drug-likeness (QED) is 0.176. The number of ether oxygens (including phenoxy) is 1. The molecule has 1 saturated heterocycles. The molecule has 5 atom stereocenters. The maximum atomic E-state index is 14.7. The first-order chi connectivity index (χ1) is 25.6. The van der Waals surface area contributed by atoms with Gasteiger partial charge in [-0.2, -0.15) is 0 Å². The Hall–Kier alpha value is -3.67. The number of nitrogens with one attached hydrogen (secondary N) is 2. The zero-order valence-corrected chi connectivity index (χ0v) is 33.0. The standard InChI is InChI=1S/C41H57ClN4O8/c1-5-9-26(36(50)33(48)18-24-12-13-24)19-32(47)31-20-29(54-35-17-14-27(42)22-43-35)23-46(31)40(53)37(41(2,3)4)45-38(51)30(25-10-7-6-8-11-25)21-34(49)39(52)44-28-15-16-28/h14,17,22,24-26,28-31,37H,5-13,15-16,18-21,23H2,1-4H3,(H,44,52)(H,45,51)/t26-,29-,30+,31+,37-/m1/s1. The van der Waals surface area contributed by atoms with Gasteiger partial charge < -0.3 is 20.3 Å². The van der Waals surface area contributed by atoms with Crippen molar-refractivity contribution >= 4 is 52.5 Å². The number of aromatic nitrogens is 1. The Kier molecular flexibility index (Phi) is 14.1. The summed E-state index contributed by atoms with van der Waals surface area (Å²) in [7, 11) is 0. The molecule has 3 amide bonds. The van der Waals surface area contributed by atoms with Crippen LogP contribution in [-0.2, 0) is 33.6 Å². The molecule has 13 heteroatoms. The Labute approximate surface area is 323 Å². The maximum Gasteiger partial charge on any atom is 0.287 e. The van der Waals surface area contributed by atoms with Crippen LogP contribution in [0.2, 0.25) is 5.02 Å². The topological polar surface area (TPSA) is 169 Å². The highest BCUT2D eigenvalue weighted by Gasteiger charge is 2.47. The number of Topliss-reactive ketones (excluding diaryl/α,β-unsaturated/α-hetero) is 4. The monoisotopic (exact) mass is 768 g/mol. The number of halogens is 1. The Morgan fingerprint density at radius 2 is 1.65 bits per heavy atom. The van der Waals surface area contributed by atoms with Crippen LogP contribution in [0, 0.1) is 29.1 Å². The van der Waals surface area contributed by atoms with Crippen molar-refractivity contribution in [3.63, 3.8) is 0 Å². The molecule has 4 fully saturated rings. The first kappa shape index (κ1) is 41.5. The van der Waals surface area contributed by atoms with Crippen molar-refractivity contribution in [3.05, 3.63) is 23.4 Å². The number of carbonyl (C=O) groups excluding carboxylic acids is 7. The summed E-state index contributed by atoms with van der Waals surface area (Å²) in [6.45, 7) is 7.37. The van der Waals surface area contributed by atoms with E-state index in [9.17, 15) is 33.6 Å². The van der Waals surface area contributed by atoms with Crippen LogP contribution in [0.5, 0.6) is 5.88 Å². The third-order valence-corrected chi connectivity index (χ3v) is 11.6. The highest BCUT2D eigenvalue weighted by molar-refractivity contribution is 6.38. The number of amides is 3. The maximum absolute atomic E-state index is 14.7. The Morgan fingerprint density at radius 1 is 0.944 bits per heavy atom. The zero-order chi connectivity index (χ0) is 39.2. The molecule has 1 aromatic heterocycles. The van der Waals surface area contributed by atoms with Crippen LogP contribution >= 0.6 is 11.6 Å². The van der Waals surface area contributed by atoms with Gasteiger partial charge in [-0.1, -0.05) is 65.0 Å². The third kappa shape index (κ3) is 11.4. The summed E-state index contributed by atoms with van der Waals surface area (Å²) >= 11 is 6.03. The van der Waals surface area contributed by atoms with Crippen LogP contribution in [0.4, 0.5) is 0 Å². The molecule has 54 heavy (non-hydrogen) atoms. The van der Waals surface area contributed by atoms with Gasteiger partial charge in [-0.15, -0.1) is 0 Å². The lowest BCUT2D eigenvalue weighted by Crippen LogP contribution is -2.58. The molecule has 0 bridgehead atoms. The van der Waals surface area contributed by atoms with Gasteiger partial charge in [-0.25, -0.2) is 4.98 Å². The lowest BCUT2D eigenvalue weighted by atomic mass is 9.76. The van der Waals surface area contributed by atoms with Crippen LogP contribution < -0.4 is 15.4 Å². The number of hydrogen-bond donors (Lipinski definition) is 2. The van der Waals surface area contributed by atoms with E-state index in [-0.39, 0.29) is 61.8 Å². The van der Waals surface area contributed by atoms with Crippen LogP contribution in [0.3, 0.4) is 0 Å². The fourth-order valence-corrected chi connectivity index (χ4v) is 7.97. The van der Waals surface area contributed by atoms with Gasteiger partial charge >= 0.3 is 0 Å². The highest BCUT2D eigenvalue weighted by atomic mass is 35.5. The smallest absolute Gasteiger partial charge is 0.287 e. The number of pyridine rings is 1. The molecule has 1 aromatic rings. The number of rotatable bonds is 19. The van der Waals surface area contributed by atoms with Gasteiger partial charge in [0.05, 0.1) is 17.6 Å². The van der Waals surface area contributed by atoms with Crippen LogP contribution in [0.1, 0.15) is 124 Å². The minimum absolute atomic E-state index is 0.00398. The average molecular weight is 769 g/mol. The second-order valence-corrected chi connectivity index (χ2v) is 17.5. The third-order valence-electron chi connectivity index (χ3n) is 11.3. The van der Waals surface area contributed by atoms with E-state index in [1.807, 2.05) is 27.7 Å². The van der Waals surface area contributed by atoms with Gasteiger partial charge in [-0.05, 0) is 68.3 Å². The fraction of sp³-hybridized carbons (Fsp3) is 0.707. The summed E-state index contributed by atoms with van der Waals surface area (Å²) in [5, 5.41) is 6.13. The van der Waals surface area contributed by atoms with E-state index in [4.69, 9.17) is 16.3 Å². The molecule has 0 spiro atoms. The molecule has 3 aliphatic carbocycles. The van der Waals surface area contributed by atoms with Crippen molar-refractivity contribution in [2.45, 2.75) is 148 Å². The number of carbonyl (C=O) groups is 7. The summed E-state index contributed by atoms with van der Waals surface area (Å²) in [6.07, 6.45) is 9.52. The predicted molar refractivity (Wildman–Crippen MR) is 201 cm³/mol. The van der Waals surface area contributed by atoms with Gasteiger partial charge in [0.25, 0.3) is 5.91 Å². The molecule has 3 saturated carbocycles. The van der Waals surface area contributed by atoms with Gasteiger partial charge in [0, 0.05) is 55.8 Å². The second kappa shape index (κ2) is 18.3. The number of ketones is 4. The molecule has 4 aliphatic rings. The zero-order valence-electron chi connectivity index (χ0n) is 32.2. The lowest BCUT2D eigenvalue weighted by molar-refractivity contribution is -0.146. The fourth-order valence-electron chi connectivity index (χ4n) is 7.86. The lowest BCUT2D eigenvalue weighted by Gasteiger charge is -2.37. The summed E-state index contributed by atoms with van der Waals surface area (Å²) in [4.78, 5) is 101. The molecule has 296 valence electrons. The summed E-state index contributed by atoms with van der Waals surface area (Å²) < 4.78 is 6.14. The molecule has 1 aliphatic heterocycles. The summed E-state index contributed by atoms with van der Waals surface area (Å²) in [5.74, 6) is -4.79. The highest BCUT2D eigenvalue weighted by Crippen LogP contribution is 2.36. The van der Waals surface area contributed by atoms with E-state index in [0.29, 0.717) is 17.9 Å². The Morgan fingerprint density at radius 3 is 2.24 bits per heavy atom. The van der Waals surface area contributed by atoms with Crippen molar-refractivity contribution in [3.8, 4) is 5.88 Å². The summed E-state index contributed by atoms with van der Waals surface area (Å²) in [6, 6.07) is 1.15. The molecule has 0 radical (unpaired) electrons. The Balaban J connectivity index is 1.37. The molecule has 0 unspecified atom stereocenters. The van der Waals surface area contributed by atoms with Crippen molar-refractivity contribution in [1.82, 2.24) is 20.5 Å². The minimum atomic E-state index is -1.10. The normalized spacial score (nSPS) is 22.1. The SMILES string of the molecule is CCC[C@H](CC(=O)[C@@H]1C[C@@H](Oc2ccc(Cl)cn2)CN1C(=O)[C@@H](NC(=O)[C@@H](CC(=O)C(=O)NC1CC1)C1CCCCC1)C(C)(C)C)C(=O)C(=O)CC1CC1. The Bertz CT molecular complexity index is 1560. The average Bonchev–Trinajstić information content (AvgIpc) is 4.08. The largest absolute Gasteiger partial charge is 0.472 e. The van der Waals surface area contributed by atoms with Crippen molar-refractivity contribution < 1.29 is 38.3 Å². The van der Waals surface area contributed by atoms with E-state index in [1.165, 1.54) is 11.1 Å². The molecule has 12 nitrogen and oxygen atoms in total. The van der Waals surface area contributed by atoms with Crippen molar-refractivity contribution in [1.29, 1.82) is 0 Å². The first-order valence-corrected chi connectivity index (χ1v) is 20.3. The van der Waals surface area contributed by atoms with Crippen molar-refractivity contribution in [2.24, 2.45) is 29.1 Å². The number of likely N-dealkylation sites (tertiary alicyclic amines) is 1. The van der Waals surface area contributed by atoms with E-state index in [0.717, 1.165) is 57.8 Å². The number of hydrogen-bond acceptors (Lipinski definition) is 9. The molecular formula is C41H57ClN4O8. The van der Waals surface area contributed by atoms with Gasteiger partial charge in [0.15, 0.2) is 11.6 Å². The molecule has 5 rings (SSSR count). The van der Waals surface area contributed by atoms with E-state index >= 15 is 0 Å². The van der Waals surface area contributed by atoms with E-state index in [2.05, 4.69) is 15.6 Å². The second-order valence-electron chi connectivity index (χ2n) is 17.1. The van der Waals surface area contributed by atoms with Crippen LogP contribution in [0.15, 0.2) is 18.3 Å². The van der Waals surface area contributed by atoms with Gasteiger partial charge in [0.2, 0.25) is 29.3 Å².